The van der Waals surface area contributed by atoms with Crippen LogP contribution in [0.4, 0.5) is 9.18 Å². The number of carbonyl (C=O) groups excluding carboxylic acids is 1. The number of benzene rings is 2. The fourth-order valence-electron chi connectivity index (χ4n) is 4.22. The predicted molar refractivity (Wildman–Crippen MR) is 117 cm³/mol. The Kier molecular flexibility index (Phi) is 5.02. The van der Waals surface area contributed by atoms with E-state index in [9.17, 15) is 17.6 Å². The van der Waals surface area contributed by atoms with E-state index >= 15 is 0 Å². The van der Waals surface area contributed by atoms with Crippen molar-refractivity contribution in [3.63, 3.8) is 0 Å². The normalized spacial score (nSPS) is 17.8. The van der Waals surface area contributed by atoms with Gasteiger partial charge in [0.1, 0.15) is 11.4 Å². The summed E-state index contributed by atoms with van der Waals surface area (Å²) < 4.78 is 46.1. The zero-order valence-corrected chi connectivity index (χ0v) is 18.2. The highest BCUT2D eigenvalue weighted by Crippen LogP contribution is 2.31. The fourth-order valence-corrected chi connectivity index (χ4v) is 5.69. The number of urea groups is 1. The summed E-state index contributed by atoms with van der Waals surface area (Å²) >= 11 is 0. The molecule has 3 heterocycles. The van der Waals surface area contributed by atoms with Crippen molar-refractivity contribution in [3.8, 4) is 0 Å². The Balaban J connectivity index is 1.22. The van der Waals surface area contributed by atoms with Gasteiger partial charge in [-0.25, -0.2) is 17.6 Å². The molecule has 5 rings (SSSR count). The number of hydrogen-bond acceptors (Lipinski definition) is 4. The van der Waals surface area contributed by atoms with Crippen LogP contribution in [0, 0.1) is 5.82 Å². The minimum Gasteiger partial charge on any atom is -0.464 e. The summed E-state index contributed by atoms with van der Waals surface area (Å²) in [5, 5.41) is 3.67. The van der Waals surface area contributed by atoms with Crippen LogP contribution >= 0.6 is 0 Å². The Hall–Kier alpha value is -3.17. The predicted octanol–water partition coefficient (Wildman–Crippen LogP) is 3.66. The minimum absolute atomic E-state index is 0.226. The molecule has 7 nitrogen and oxygen atoms in total. The Morgan fingerprint density at radius 2 is 1.72 bits per heavy atom. The molecule has 0 aliphatic carbocycles. The number of nitrogens with zero attached hydrogens (tertiary/aromatic N) is 2. The average molecular weight is 456 g/mol. The van der Waals surface area contributed by atoms with Crippen molar-refractivity contribution in [2.75, 3.05) is 26.2 Å². The third-order valence-electron chi connectivity index (χ3n) is 6.06. The first-order chi connectivity index (χ1) is 15.3. The second-order valence-corrected chi connectivity index (χ2v) is 10.1. The number of carbonyl (C=O) groups is 1. The van der Waals surface area contributed by atoms with Gasteiger partial charge in [0.05, 0.1) is 17.2 Å². The van der Waals surface area contributed by atoms with E-state index < -0.39 is 10.0 Å². The van der Waals surface area contributed by atoms with E-state index in [2.05, 4.69) is 5.32 Å². The van der Waals surface area contributed by atoms with E-state index in [0.717, 1.165) is 22.1 Å². The lowest BCUT2D eigenvalue weighted by molar-refractivity contribution is 0.205. The Morgan fingerprint density at radius 1 is 1.03 bits per heavy atom. The Labute approximate surface area is 185 Å². The van der Waals surface area contributed by atoms with Crippen molar-refractivity contribution in [2.24, 2.45) is 0 Å². The number of amides is 2. The number of fused-ring (bicyclic) bond motifs is 1. The summed E-state index contributed by atoms with van der Waals surface area (Å²) in [4.78, 5) is 14.6. The van der Waals surface area contributed by atoms with Gasteiger partial charge in [0.25, 0.3) is 0 Å². The van der Waals surface area contributed by atoms with Crippen LogP contribution in [-0.4, -0.2) is 49.8 Å². The van der Waals surface area contributed by atoms with Gasteiger partial charge in [-0.15, -0.1) is 0 Å². The van der Waals surface area contributed by atoms with Gasteiger partial charge in [0.15, 0.2) is 0 Å². The molecular weight excluding hydrogens is 433 g/mol. The molecular formula is C23H22FN3O4S. The molecule has 0 saturated heterocycles. The molecule has 0 unspecified atom stereocenters. The van der Waals surface area contributed by atoms with E-state index in [1.54, 1.807) is 41.3 Å². The van der Waals surface area contributed by atoms with Gasteiger partial charge in [0.2, 0.25) is 10.0 Å². The van der Waals surface area contributed by atoms with Crippen LogP contribution in [0.3, 0.4) is 0 Å². The van der Waals surface area contributed by atoms with Crippen molar-refractivity contribution in [3.05, 3.63) is 77.3 Å². The van der Waals surface area contributed by atoms with Gasteiger partial charge in [-0.2, -0.15) is 4.31 Å². The van der Waals surface area contributed by atoms with Crippen molar-refractivity contribution < 1.29 is 22.0 Å². The maximum absolute atomic E-state index is 13.1. The van der Waals surface area contributed by atoms with E-state index in [4.69, 9.17) is 4.42 Å². The summed E-state index contributed by atoms with van der Waals surface area (Å²) in [6.07, 6.45) is 1.53. The highest BCUT2D eigenvalue weighted by molar-refractivity contribution is 7.89. The SMILES string of the molecule is C[C@H](NC(=O)N1CC2=C(C1)CN(S(=O)(=O)c1ccc3occc3c1)C2)c1ccc(F)cc1. The first-order valence-electron chi connectivity index (χ1n) is 10.3. The van der Waals surface area contributed by atoms with Crippen LogP contribution in [0.2, 0.25) is 0 Å². The molecule has 3 aromatic rings. The van der Waals surface area contributed by atoms with Crippen LogP contribution < -0.4 is 5.32 Å². The van der Waals surface area contributed by atoms with Crippen LogP contribution in [0.1, 0.15) is 18.5 Å². The number of furan rings is 1. The molecule has 0 saturated carbocycles. The summed E-state index contributed by atoms with van der Waals surface area (Å²) in [6.45, 7) is 3.18. The molecule has 1 aromatic heterocycles. The third-order valence-corrected chi connectivity index (χ3v) is 7.84. The largest absolute Gasteiger partial charge is 0.464 e. The highest BCUT2D eigenvalue weighted by atomic mass is 32.2. The zero-order chi connectivity index (χ0) is 22.5. The van der Waals surface area contributed by atoms with Crippen LogP contribution in [0.25, 0.3) is 11.0 Å². The first-order valence-corrected chi connectivity index (χ1v) is 11.7. The zero-order valence-electron chi connectivity index (χ0n) is 17.4. The van der Waals surface area contributed by atoms with Gasteiger partial charge in [-0.3, -0.25) is 0 Å². The molecule has 9 heteroatoms. The molecule has 2 aliphatic rings. The monoisotopic (exact) mass is 455 g/mol. The third kappa shape index (κ3) is 3.67. The molecule has 2 amide bonds. The molecule has 2 aromatic carbocycles. The average Bonchev–Trinajstić information content (AvgIpc) is 3.48. The molecule has 0 bridgehead atoms. The highest BCUT2D eigenvalue weighted by Gasteiger charge is 2.37. The maximum atomic E-state index is 13.1. The summed E-state index contributed by atoms with van der Waals surface area (Å²) in [5.74, 6) is -0.323. The minimum atomic E-state index is -3.65. The number of sulfonamides is 1. The molecule has 0 fully saturated rings. The molecule has 166 valence electrons. The molecule has 2 aliphatic heterocycles. The Morgan fingerprint density at radius 3 is 2.41 bits per heavy atom. The summed E-state index contributed by atoms with van der Waals surface area (Å²) in [7, 11) is -3.65. The number of hydrogen-bond donors (Lipinski definition) is 1. The fraction of sp³-hybridized carbons (Fsp3) is 0.261. The van der Waals surface area contributed by atoms with E-state index in [-0.39, 0.29) is 35.9 Å². The van der Waals surface area contributed by atoms with Gasteiger partial charge < -0.3 is 14.6 Å². The van der Waals surface area contributed by atoms with Gasteiger partial charge in [-0.05, 0) is 60.0 Å². The van der Waals surface area contributed by atoms with Crippen molar-refractivity contribution in [1.82, 2.24) is 14.5 Å². The van der Waals surface area contributed by atoms with E-state index in [0.29, 0.717) is 18.7 Å². The molecule has 0 spiro atoms. The summed E-state index contributed by atoms with van der Waals surface area (Å²) in [6, 6.07) is 12.1. The second kappa shape index (κ2) is 7.75. The lowest BCUT2D eigenvalue weighted by Gasteiger charge is -2.24. The quantitative estimate of drug-likeness (QED) is 0.609. The number of halogens is 1. The topological polar surface area (TPSA) is 82.9 Å². The number of rotatable bonds is 4. The summed E-state index contributed by atoms with van der Waals surface area (Å²) in [5.41, 5.74) is 3.37. The maximum Gasteiger partial charge on any atom is 0.318 e. The second-order valence-electron chi connectivity index (χ2n) is 8.18. The lowest BCUT2D eigenvalue weighted by Crippen LogP contribution is -2.42. The Bertz CT molecular complexity index is 1310. The van der Waals surface area contributed by atoms with Crippen LogP contribution in [0.15, 0.2) is 75.3 Å². The first kappa shape index (κ1) is 20.7. The van der Waals surface area contributed by atoms with E-state index in [1.165, 1.54) is 22.7 Å². The molecule has 0 radical (unpaired) electrons. The van der Waals surface area contributed by atoms with Crippen LogP contribution in [-0.2, 0) is 10.0 Å². The van der Waals surface area contributed by atoms with Crippen molar-refractivity contribution in [2.45, 2.75) is 17.9 Å². The van der Waals surface area contributed by atoms with Gasteiger partial charge >= 0.3 is 6.03 Å². The van der Waals surface area contributed by atoms with Gasteiger partial charge in [-0.1, -0.05) is 12.1 Å². The molecule has 32 heavy (non-hydrogen) atoms. The smallest absolute Gasteiger partial charge is 0.318 e. The molecule has 1 N–H and O–H groups in total. The number of nitrogens with one attached hydrogen (secondary N) is 1. The standard InChI is InChI=1S/C23H22FN3O4S/c1-15(16-2-4-20(24)5-3-16)25-23(28)26-11-18-13-27(14-19(18)12-26)32(29,30)21-6-7-22-17(10-21)8-9-31-22/h2-10,15H,11-14H2,1H3,(H,25,28)/t15-/m0/s1. The van der Waals surface area contributed by atoms with E-state index in [1.807, 2.05) is 6.92 Å². The molecule has 1 atom stereocenters. The van der Waals surface area contributed by atoms with Crippen molar-refractivity contribution >= 4 is 27.0 Å². The van der Waals surface area contributed by atoms with Crippen molar-refractivity contribution in [1.29, 1.82) is 0 Å². The van der Waals surface area contributed by atoms with Crippen LogP contribution in [0.5, 0.6) is 0 Å². The lowest BCUT2D eigenvalue weighted by atomic mass is 10.1. The van der Waals surface area contributed by atoms with Gasteiger partial charge in [0, 0.05) is 31.6 Å².